The number of nitrogens with zero attached hydrogens (tertiary/aromatic N) is 1. The van der Waals surface area contributed by atoms with Crippen LogP contribution in [0.1, 0.15) is 35.2 Å². The van der Waals surface area contributed by atoms with E-state index in [-0.39, 0.29) is 26.2 Å². The minimum Gasteiger partial charge on any atom is -0.332 e. The second-order valence-electron chi connectivity index (χ2n) is 8.22. The molecule has 0 bridgehead atoms. The van der Waals surface area contributed by atoms with Gasteiger partial charge in [-0.25, -0.2) is 12.1 Å². The van der Waals surface area contributed by atoms with Crippen LogP contribution < -0.4 is 0 Å². The third-order valence-corrected chi connectivity index (χ3v) is 6.35. The van der Waals surface area contributed by atoms with Crippen molar-refractivity contribution in [3.8, 4) is 5.69 Å². The van der Waals surface area contributed by atoms with Crippen LogP contribution >= 0.6 is 11.6 Å². The van der Waals surface area contributed by atoms with E-state index in [1.165, 1.54) is 76.2 Å². The summed E-state index contributed by atoms with van der Waals surface area (Å²) >= 11 is 4.64. The van der Waals surface area contributed by atoms with E-state index in [2.05, 4.69) is 109 Å². The average Bonchev–Trinajstić information content (AvgIpc) is 3.50. The van der Waals surface area contributed by atoms with Gasteiger partial charge in [0.15, 0.2) is 0 Å². The Morgan fingerprint density at radius 3 is 2.31 bits per heavy atom. The molecule has 3 heteroatoms. The topological polar surface area (TPSA) is 4.93 Å². The largest absolute Gasteiger partial charge is 2.00 e. The molecule has 5 aromatic rings. The van der Waals surface area contributed by atoms with Crippen LogP contribution in [-0.4, -0.2) is 11.0 Å². The summed E-state index contributed by atoms with van der Waals surface area (Å²) < 4.78 is 2.50. The Balaban J connectivity index is 0.000000248. The molecular formula is C29H30ClNZr. The van der Waals surface area contributed by atoms with E-state index in [9.17, 15) is 0 Å². The van der Waals surface area contributed by atoms with E-state index < -0.39 is 0 Å². The molecule has 4 aromatic carbocycles. The smallest absolute Gasteiger partial charge is 0.332 e. The Hall–Kier alpha value is -1.89. The fourth-order valence-electron chi connectivity index (χ4n) is 4.65. The molecule has 1 nitrogen and oxygen atoms in total. The summed E-state index contributed by atoms with van der Waals surface area (Å²) in [6.45, 7) is 4.24. The summed E-state index contributed by atoms with van der Waals surface area (Å²) in [5.74, 6) is 0. The maximum absolute atomic E-state index is 4.64. The Bertz CT molecular complexity index is 1240. The molecule has 1 heterocycles. The molecular weight excluding hydrogens is 489 g/mol. The molecule has 6 rings (SSSR count). The Morgan fingerprint density at radius 1 is 0.906 bits per heavy atom. The molecule has 0 amide bonds. The molecule has 1 aliphatic carbocycles. The molecule has 32 heavy (non-hydrogen) atoms. The fraction of sp³-hybridized carbons (Fsp3) is 0.241. The van der Waals surface area contributed by atoms with Gasteiger partial charge in [-0.2, -0.15) is 17.2 Å². The zero-order valence-electron chi connectivity index (χ0n) is 19.2. The second-order valence-corrected chi connectivity index (χ2v) is 8.22. The number of aryl methyl sites for hydroxylation is 3. The van der Waals surface area contributed by atoms with Crippen LogP contribution in [0.2, 0.25) is 0 Å². The van der Waals surface area contributed by atoms with Gasteiger partial charge in [-0.1, -0.05) is 38.1 Å². The van der Waals surface area contributed by atoms with Crippen LogP contribution in [0.5, 0.6) is 0 Å². The molecule has 0 aliphatic heterocycles. The van der Waals surface area contributed by atoms with Crippen molar-refractivity contribution in [2.24, 2.45) is 0 Å². The molecule has 1 aromatic heterocycles. The van der Waals surface area contributed by atoms with Crippen molar-refractivity contribution in [1.82, 2.24) is 4.57 Å². The van der Waals surface area contributed by atoms with Gasteiger partial charge >= 0.3 is 26.2 Å². The molecule has 0 radical (unpaired) electrons. The van der Waals surface area contributed by atoms with Gasteiger partial charge in [-0.3, -0.25) is 0 Å². The van der Waals surface area contributed by atoms with Gasteiger partial charge in [0.1, 0.15) is 0 Å². The van der Waals surface area contributed by atoms with Gasteiger partial charge in [-0.05, 0) is 43.0 Å². The van der Waals surface area contributed by atoms with Gasteiger partial charge in [0.2, 0.25) is 0 Å². The summed E-state index contributed by atoms with van der Waals surface area (Å²) in [5, 5.41) is 4.11. The first-order valence-corrected chi connectivity index (χ1v) is 11.8. The third-order valence-electron chi connectivity index (χ3n) is 6.35. The van der Waals surface area contributed by atoms with Crippen LogP contribution in [0.4, 0.5) is 0 Å². The molecule has 0 saturated carbocycles. The van der Waals surface area contributed by atoms with Crippen molar-refractivity contribution in [2.45, 2.75) is 39.5 Å². The number of hydrogen-bond acceptors (Lipinski definition) is 0. The predicted octanol–water partition coefficient (Wildman–Crippen LogP) is 8.26. The predicted molar refractivity (Wildman–Crippen MR) is 136 cm³/mol. The SMILES string of the molecule is CCl.Cc1ccc[c-]1C.[Zr+2].c1ccc2[cH-]c(-n3c4c(c5ccccc53)CCCC4)cc2c1. The standard InChI is InChI=1S/C21H18N.C7H9.CH3Cl.Zr/c1-2-8-16-14-17(13-15(16)7-1)22-20-11-5-3-9-18(20)19-10-4-6-12-21(19)22;1-6-4-3-5-7(6)2;1-2;/h1-3,5,7-9,11,13-14H,4,6,10,12H2;3-5H,1-2H3;1H3;/q2*-1;;+2. The summed E-state index contributed by atoms with van der Waals surface area (Å²) in [5.41, 5.74) is 8.57. The monoisotopic (exact) mass is 517 g/mol. The molecule has 162 valence electrons. The maximum atomic E-state index is 4.64. The van der Waals surface area contributed by atoms with E-state index in [0.29, 0.717) is 0 Å². The first-order valence-electron chi connectivity index (χ1n) is 11.1. The molecule has 0 fully saturated rings. The number of halogens is 1. The van der Waals surface area contributed by atoms with Gasteiger partial charge in [0.05, 0.1) is 5.52 Å². The number of hydrogen-bond donors (Lipinski definition) is 0. The number of benzene rings is 2. The van der Waals surface area contributed by atoms with E-state index in [0.717, 1.165) is 0 Å². The second kappa shape index (κ2) is 11.3. The number of alkyl halides is 1. The Morgan fingerprint density at radius 2 is 1.62 bits per heavy atom. The molecule has 0 N–H and O–H groups in total. The molecule has 0 spiro atoms. The van der Waals surface area contributed by atoms with Gasteiger partial charge < -0.3 is 4.57 Å². The molecule has 0 saturated heterocycles. The zero-order chi connectivity index (χ0) is 21.8. The van der Waals surface area contributed by atoms with E-state index >= 15 is 0 Å². The van der Waals surface area contributed by atoms with Crippen molar-refractivity contribution in [3.05, 3.63) is 101 Å². The third kappa shape index (κ3) is 4.87. The van der Waals surface area contributed by atoms with Gasteiger partial charge in [0.25, 0.3) is 0 Å². The Kier molecular flexibility index (Phi) is 8.74. The van der Waals surface area contributed by atoms with Crippen molar-refractivity contribution in [2.75, 3.05) is 6.38 Å². The summed E-state index contributed by atoms with van der Waals surface area (Å²) in [6.07, 6.45) is 6.53. The van der Waals surface area contributed by atoms with E-state index in [1.54, 1.807) is 5.56 Å². The van der Waals surface area contributed by atoms with E-state index in [4.69, 9.17) is 0 Å². The van der Waals surface area contributed by atoms with Crippen molar-refractivity contribution in [1.29, 1.82) is 0 Å². The maximum Gasteiger partial charge on any atom is 2.00 e. The van der Waals surface area contributed by atoms with Crippen molar-refractivity contribution >= 4 is 33.3 Å². The summed E-state index contributed by atoms with van der Waals surface area (Å²) in [4.78, 5) is 0. The normalized spacial score (nSPS) is 12.2. The Labute approximate surface area is 215 Å². The molecule has 0 unspecified atom stereocenters. The summed E-state index contributed by atoms with van der Waals surface area (Å²) in [7, 11) is 0. The van der Waals surface area contributed by atoms with Crippen LogP contribution in [0.25, 0.3) is 27.4 Å². The zero-order valence-corrected chi connectivity index (χ0v) is 22.4. The summed E-state index contributed by atoms with van der Waals surface area (Å²) in [6, 6.07) is 28.5. The minimum atomic E-state index is 0. The van der Waals surface area contributed by atoms with Crippen molar-refractivity contribution in [3.63, 3.8) is 0 Å². The fourth-order valence-corrected chi connectivity index (χ4v) is 4.65. The number of rotatable bonds is 1. The minimum absolute atomic E-state index is 0. The molecule has 0 atom stereocenters. The van der Waals surface area contributed by atoms with Crippen molar-refractivity contribution < 1.29 is 26.2 Å². The van der Waals surface area contributed by atoms with Crippen LogP contribution in [0.15, 0.2) is 78.9 Å². The van der Waals surface area contributed by atoms with Gasteiger partial charge in [0, 0.05) is 17.5 Å². The number of fused-ring (bicyclic) bond motifs is 4. The van der Waals surface area contributed by atoms with E-state index in [1.807, 2.05) is 0 Å². The quantitative estimate of drug-likeness (QED) is 0.155. The van der Waals surface area contributed by atoms with Crippen LogP contribution in [0, 0.1) is 13.8 Å². The van der Waals surface area contributed by atoms with Gasteiger partial charge in [-0.15, -0.1) is 52.7 Å². The first-order chi connectivity index (χ1) is 15.2. The van der Waals surface area contributed by atoms with Crippen LogP contribution in [0.3, 0.4) is 0 Å². The van der Waals surface area contributed by atoms with Crippen LogP contribution in [-0.2, 0) is 39.0 Å². The number of para-hydroxylation sites is 1. The average molecular weight is 519 g/mol. The molecule has 1 aliphatic rings. The number of aromatic nitrogens is 1. The first kappa shape index (κ1) is 24.7.